The summed E-state index contributed by atoms with van der Waals surface area (Å²) in [5.74, 6) is -1.34. The van der Waals surface area contributed by atoms with Crippen LogP contribution < -0.4 is 11.1 Å². The zero-order valence-corrected chi connectivity index (χ0v) is 14.5. The Morgan fingerprint density at radius 1 is 1.33 bits per heavy atom. The summed E-state index contributed by atoms with van der Waals surface area (Å²) in [4.78, 5) is 26.0. The number of hydrogen-bond acceptors (Lipinski definition) is 5. The highest BCUT2D eigenvalue weighted by atomic mass is 19.1. The number of nitrogens with zero attached hydrogens (tertiary/aromatic N) is 2. The Morgan fingerprint density at radius 3 is 2.93 bits per heavy atom. The minimum Gasteiger partial charge on any atom is -0.465 e. The number of carboxylic acid groups (broad SMARTS) is 1. The molecule has 2 aliphatic rings. The van der Waals surface area contributed by atoms with Gasteiger partial charge in [-0.05, 0) is 49.4 Å². The first-order valence-corrected chi connectivity index (χ1v) is 8.86. The number of nitrogens with one attached hydrogen (secondary N) is 2. The largest absolute Gasteiger partial charge is 0.465 e. The summed E-state index contributed by atoms with van der Waals surface area (Å²) >= 11 is 0. The Hall–Kier alpha value is -3.10. The summed E-state index contributed by atoms with van der Waals surface area (Å²) in [6, 6.07) is 3.68. The van der Waals surface area contributed by atoms with E-state index >= 15 is 0 Å². The maximum Gasteiger partial charge on any atom is 0.414 e. The molecule has 1 aliphatic heterocycles. The van der Waals surface area contributed by atoms with Gasteiger partial charge in [0.15, 0.2) is 0 Å². The third-order valence-electron chi connectivity index (χ3n) is 5.40. The first kappa shape index (κ1) is 17.3. The number of fused-ring (bicyclic) bond motifs is 2. The van der Waals surface area contributed by atoms with Gasteiger partial charge in [-0.1, -0.05) is 0 Å². The van der Waals surface area contributed by atoms with Gasteiger partial charge < -0.3 is 16.2 Å². The number of hydrogen-bond donors (Lipinski definition) is 4. The number of aromatic nitrogens is 2. The summed E-state index contributed by atoms with van der Waals surface area (Å²) in [5.41, 5.74) is 8.67. The van der Waals surface area contributed by atoms with E-state index in [9.17, 15) is 19.1 Å². The second-order valence-corrected chi connectivity index (χ2v) is 6.95. The van der Waals surface area contributed by atoms with Crippen LogP contribution in [0.3, 0.4) is 0 Å². The number of aromatic amines is 1. The number of rotatable bonds is 2. The van der Waals surface area contributed by atoms with Crippen LogP contribution in [0.2, 0.25) is 0 Å². The van der Waals surface area contributed by atoms with Crippen LogP contribution in [0.1, 0.15) is 35.6 Å². The second kappa shape index (κ2) is 6.57. The van der Waals surface area contributed by atoms with Crippen molar-refractivity contribution in [1.82, 2.24) is 15.1 Å². The normalized spacial score (nSPS) is 20.9. The van der Waals surface area contributed by atoms with E-state index in [0.29, 0.717) is 49.3 Å². The molecule has 1 aliphatic carbocycles. The van der Waals surface area contributed by atoms with Crippen LogP contribution in [-0.2, 0) is 17.6 Å². The van der Waals surface area contributed by atoms with Crippen LogP contribution in [0.15, 0.2) is 18.2 Å². The van der Waals surface area contributed by atoms with Gasteiger partial charge in [-0.2, -0.15) is 5.10 Å². The van der Waals surface area contributed by atoms with Crippen molar-refractivity contribution in [2.24, 2.45) is 0 Å². The molecule has 0 spiro atoms. The summed E-state index contributed by atoms with van der Waals surface area (Å²) in [7, 11) is 0. The summed E-state index contributed by atoms with van der Waals surface area (Å²) in [6.45, 7) is 0.520. The van der Waals surface area contributed by atoms with E-state index in [-0.39, 0.29) is 0 Å². The molecule has 4 rings (SSSR count). The van der Waals surface area contributed by atoms with Crippen LogP contribution in [-0.4, -0.2) is 44.8 Å². The Morgan fingerprint density at radius 2 is 2.15 bits per heavy atom. The lowest BCUT2D eigenvalue weighted by Gasteiger charge is -2.35. The van der Waals surface area contributed by atoms with E-state index in [2.05, 4.69) is 15.5 Å². The number of anilines is 2. The highest BCUT2D eigenvalue weighted by Crippen LogP contribution is 2.35. The van der Waals surface area contributed by atoms with Crippen LogP contribution >= 0.6 is 0 Å². The van der Waals surface area contributed by atoms with E-state index in [1.54, 1.807) is 6.07 Å². The molecule has 2 unspecified atom stereocenters. The molecule has 0 saturated heterocycles. The zero-order valence-electron chi connectivity index (χ0n) is 14.5. The lowest BCUT2D eigenvalue weighted by Crippen LogP contribution is -2.49. The lowest BCUT2D eigenvalue weighted by atomic mass is 9.87. The van der Waals surface area contributed by atoms with Gasteiger partial charge in [-0.15, -0.1) is 0 Å². The highest BCUT2D eigenvalue weighted by Gasteiger charge is 2.39. The van der Waals surface area contributed by atoms with Gasteiger partial charge in [-0.3, -0.25) is 9.89 Å². The zero-order chi connectivity index (χ0) is 19.1. The standard InChI is InChI=1S/C18H20FN5O3/c19-9-1-3-14-12(7-9)11(5-6-21-14)17(25)24(18(26)27)10-2-4-15-13(8-10)16(20)23-22-15/h1,3,7,10-11,21H,2,4-6,8H2,(H,26,27)(H3,20,22,23). The number of nitrogens with two attached hydrogens (primary N) is 1. The molecule has 0 bridgehead atoms. The maximum absolute atomic E-state index is 13.7. The molecule has 2 aromatic rings. The second-order valence-electron chi connectivity index (χ2n) is 6.95. The van der Waals surface area contributed by atoms with Crippen molar-refractivity contribution >= 4 is 23.5 Å². The van der Waals surface area contributed by atoms with Gasteiger partial charge >= 0.3 is 6.09 Å². The average Bonchev–Trinajstić information content (AvgIpc) is 3.01. The average molecular weight is 373 g/mol. The van der Waals surface area contributed by atoms with E-state index in [0.717, 1.165) is 16.2 Å². The Labute approximate surface area is 154 Å². The van der Waals surface area contributed by atoms with Crippen molar-refractivity contribution in [1.29, 1.82) is 0 Å². The third kappa shape index (κ3) is 2.98. The van der Waals surface area contributed by atoms with E-state index < -0.39 is 29.8 Å². The molecular weight excluding hydrogens is 353 g/mol. The number of benzene rings is 1. The van der Waals surface area contributed by atoms with E-state index in [1.165, 1.54) is 12.1 Å². The number of carbonyl (C=O) groups excluding carboxylic acids is 1. The summed E-state index contributed by atoms with van der Waals surface area (Å²) in [6.07, 6.45) is 0.500. The molecule has 5 N–H and O–H groups in total. The monoisotopic (exact) mass is 373 g/mol. The maximum atomic E-state index is 13.7. The van der Waals surface area contributed by atoms with Crippen LogP contribution in [0.4, 0.5) is 20.7 Å². The van der Waals surface area contributed by atoms with Gasteiger partial charge in [0.05, 0.1) is 5.92 Å². The third-order valence-corrected chi connectivity index (χ3v) is 5.40. The van der Waals surface area contributed by atoms with Gasteiger partial charge in [-0.25, -0.2) is 14.1 Å². The molecule has 0 saturated carbocycles. The number of aryl methyl sites for hydroxylation is 1. The minimum atomic E-state index is -1.30. The van der Waals surface area contributed by atoms with Crippen molar-refractivity contribution in [3.63, 3.8) is 0 Å². The highest BCUT2D eigenvalue weighted by molar-refractivity contribution is 5.96. The Balaban J connectivity index is 1.64. The van der Waals surface area contributed by atoms with Crippen molar-refractivity contribution < 1.29 is 19.1 Å². The fraction of sp³-hybridized carbons (Fsp3) is 0.389. The molecule has 0 radical (unpaired) electrons. The first-order chi connectivity index (χ1) is 13.0. The topological polar surface area (TPSA) is 124 Å². The van der Waals surface area contributed by atoms with Crippen LogP contribution in [0.5, 0.6) is 0 Å². The number of carbonyl (C=O) groups is 2. The van der Waals surface area contributed by atoms with Gasteiger partial charge in [0, 0.05) is 29.5 Å². The molecule has 9 heteroatoms. The number of H-pyrrole nitrogens is 1. The summed E-state index contributed by atoms with van der Waals surface area (Å²) in [5, 5.41) is 19.7. The number of imide groups is 1. The smallest absolute Gasteiger partial charge is 0.414 e. The molecule has 2 amide bonds. The van der Waals surface area contributed by atoms with Gasteiger partial charge in [0.25, 0.3) is 0 Å². The van der Waals surface area contributed by atoms with Crippen molar-refractivity contribution in [2.75, 3.05) is 17.6 Å². The molecule has 0 fully saturated rings. The molecule has 142 valence electrons. The molecule has 2 atom stereocenters. The number of halogens is 1. The first-order valence-electron chi connectivity index (χ1n) is 8.86. The van der Waals surface area contributed by atoms with Crippen molar-refractivity contribution in [3.8, 4) is 0 Å². The Bertz CT molecular complexity index is 912. The minimum absolute atomic E-state index is 0.330. The van der Waals surface area contributed by atoms with Gasteiger partial charge in [0.1, 0.15) is 11.6 Å². The molecule has 1 aromatic carbocycles. The molecule has 2 heterocycles. The van der Waals surface area contributed by atoms with Crippen molar-refractivity contribution in [3.05, 3.63) is 40.8 Å². The molecule has 8 nitrogen and oxygen atoms in total. The SMILES string of the molecule is Nc1n[nH]c2c1CC(N(C(=O)O)C(=O)C1CCNc3ccc(F)cc31)CC2. The van der Waals surface area contributed by atoms with E-state index in [1.807, 2.05) is 0 Å². The predicted molar refractivity (Wildman–Crippen MR) is 95.9 cm³/mol. The summed E-state index contributed by atoms with van der Waals surface area (Å²) < 4.78 is 13.7. The molecular formula is C18H20FN5O3. The molecule has 27 heavy (non-hydrogen) atoms. The van der Waals surface area contributed by atoms with Crippen molar-refractivity contribution in [2.45, 2.75) is 37.6 Å². The fourth-order valence-electron chi connectivity index (χ4n) is 4.07. The quantitative estimate of drug-likeness (QED) is 0.639. The fourth-order valence-corrected chi connectivity index (χ4v) is 4.07. The molecule has 1 aromatic heterocycles. The van der Waals surface area contributed by atoms with E-state index in [4.69, 9.17) is 5.73 Å². The number of nitrogen functional groups attached to an aromatic ring is 1. The predicted octanol–water partition coefficient (Wildman–Crippen LogP) is 2.09. The van der Waals surface area contributed by atoms with Crippen LogP contribution in [0, 0.1) is 5.82 Å². The number of amides is 2. The van der Waals surface area contributed by atoms with Crippen LogP contribution in [0.25, 0.3) is 0 Å². The lowest BCUT2D eigenvalue weighted by molar-refractivity contribution is -0.133. The Kier molecular flexibility index (Phi) is 4.21. The van der Waals surface area contributed by atoms with Gasteiger partial charge in [0.2, 0.25) is 5.91 Å².